The van der Waals surface area contributed by atoms with Crippen LogP contribution in [0.1, 0.15) is 34.4 Å². The summed E-state index contributed by atoms with van der Waals surface area (Å²) in [7, 11) is 0. The van der Waals surface area contributed by atoms with Crippen molar-refractivity contribution in [3.63, 3.8) is 0 Å². The van der Waals surface area contributed by atoms with Gasteiger partial charge in [0.05, 0.1) is 5.25 Å². The van der Waals surface area contributed by atoms with Crippen molar-refractivity contribution < 1.29 is 9.53 Å². The molecule has 4 rings (SSSR count). The number of fused-ring (bicyclic) bond motifs is 1. The summed E-state index contributed by atoms with van der Waals surface area (Å²) in [6.45, 7) is 6.10. The maximum atomic E-state index is 13.1. The quantitative estimate of drug-likeness (QED) is 0.339. The number of ether oxygens (including phenoxy) is 1. The highest BCUT2D eigenvalue weighted by atomic mass is 32.2. The van der Waals surface area contributed by atoms with Crippen molar-refractivity contribution in [1.29, 1.82) is 0 Å². The topological polar surface area (TPSA) is 83.7 Å². The van der Waals surface area contributed by atoms with E-state index in [0.717, 1.165) is 33.5 Å². The first kappa shape index (κ1) is 19.3. The molecule has 0 aliphatic rings. The lowest BCUT2D eigenvalue weighted by atomic mass is 10.1. The fourth-order valence-electron chi connectivity index (χ4n) is 3.27. The van der Waals surface area contributed by atoms with Gasteiger partial charge in [0.25, 0.3) is 0 Å². The fraction of sp³-hybridized carbons (Fsp3) is 0.227. The number of hydrogen-bond acceptors (Lipinski definition) is 5. The smallest absolute Gasteiger partial charge is 0.209 e. The van der Waals surface area contributed by atoms with E-state index < -0.39 is 0 Å². The van der Waals surface area contributed by atoms with Crippen molar-refractivity contribution in [2.75, 3.05) is 0 Å². The van der Waals surface area contributed by atoms with Crippen LogP contribution in [0.25, 0.3) is 10.9 Å². The van der Waals surface area contributed by atoms with Crippen LogP contribution < -0.4 is 4.74 Å². The standard InChI is InChI=1S/C22H22N4O2S/c1-13-8-4-7-11-18(13)28-12-19-24-22(26-25-19)29-15(3)21(27)20-14(2)23-17-10-6-5-9-16(17)20/h4-11,15,23H,12H2,1-3H3,(H,24,25,26)/t15-/m0/s1. The Labute approximate surface area is 173 Å². The molecule has 2 N–H and O–H groups in total. The summed E-state index contributed by atoms with van der Waals surface area (Å²) in [5, 5.41) is 8.29. The second-order valence-corrected chi connectivity index (χ2v) is 8.22. The highest BCUT2D eigenvalue weighted by Crippen LogP contribution is 2.28. The second kappa shape index (κ2) is 8.13. The number of para-hydroxylation sites is 2. The Morgan fingerprint density at radius 3 is 2.72 bits per heavy atom. The highest BCUT2D eigenvalue weighted by Gasteiger charge is 2.23. The third-order valence-corrected chi connectivity index (χ3v) is 5.72. The molecule has 7 heteroatoms. The summed E-state index contributed by atoms with van der Waals surface area (Å²) in [5.41, 5.74) is 3.65. The average Bonchev–Trinajstić information content (AvgIpc) is 3.29. The van der Waals surface area contributed by atoms with Gasteiger partial charge in [0.1, 0.15) is 12.4 Å². The molecular weight excluding hydrogens is 384 g/mol. The van der Waals surface area contributed by atoms with Gasteiger partial charge < -0.3 is 9.72 Å². The summed E-state index contributed by atoms with van der Waals surface area (Å²) < 4.78 is 5.80. The summed E-state index contributed by atoms with van der Waals surface area (Å²) in [4.78, 5) is 20.8. The van der Waals surface area contributed by atoms with Crippen LogP contribution in [0.4, 0.5) is 0 Å². The number of hydrogen-bond donors (Lipinski definition) is 2. The number of carbonyl (C=O) groups excluding carboxylic acids is 1. The van der Waals surface area contributed by atoms with E-state index >= 15 is 0 Å². The van der Waals surface area contributed by atoms with Crippen molar-refractivity contribution in [2.24, 2.45) is 0 Å². The molecule has 0 bridgehead atoms. The maximum Gasteiger partial charge on any atom is 0.209 e. The molecule has 29 heavy (non-hydrogen) atoms. The molecule has 0 aliphatic heterocycles. The van der Waals surface area contributed by atoms with Crippen LogP contribution >= 0.6 is 11.8 Å². The molecule has 2 heterocycles. The van der Waals surface area contributed by atoms with Gasteiger partial charge in [-0.2, -0.15) is 0 Å². The molecule has 0 saturated carbocycles. The van der Waals surface area contributed by atoms with E-state index in [9.17, 15) is 4.79 Å². The van der Waals surface area contributed by atoms with Crippen LogP contribution in [0.3, 0.4) is 0 Å². The zero-order valence-corrected chi connectivity index (χ0v) is 17.3. The van der Waals surface area contributed by atoms with Crippen molar-refractivity contribution in [3.8, 4) is 5.75 Å². The Bertz CT molecular complexity index is 1160. The zero-order valence-electron chi connectivity index (χ0n) is 16.5. The average molecular weight is 407 g/mol. The number of benzene rings is 2. The molecule has 0 radical (unpaired) electrons. The molecule has 6 nitrogen and oxygen atoms in total. The van der Waals surface area contributed by atoms with Crippen molar-refractivity contribution in [2.45, 2.75) is 37.8 Å². The van der Waals surface area contributed by atoms with Gasteiger partial charge in [0.15, 0.2) is 11.6 Å². The molecule has 148 valence electrons. The second-order valence-electron chi connectivity index (χ2n) is 6.91. The lowest BCUT2D eigenvalue weighted by molar-refractivity contribution is 0.0995. The number of ketones is 1. The third-order valence-electron chi connectivity index (χ3n) is 4.76. The van der Waals surface area contributed by atoms with Gasteiger partial charge >= 0.3 is 0 Å². The first-order valence-electron chi connectivity index (χ1n) is 9.41. The molecule has 0 fully saturated rings. The Balaban J connectivity index is 1.43. The van der Waals surface area contributed by atoms with E-state index in [1.807, 2.05) is 69.3 Å². The lowest BCUT2D eigenvalue weighted by Gasteiger charge is -2.08. The number of aryl methyl sites for hydroxylation is 2. The number of carbonyl (C=O) groups is 1. The molecule has 0 aliphatic carbocycles. The van der Waals surface area contributed by atoms with Crippen LogP contribution in [0.15, 0.2) is 53.7 Å². The van der Waals surface area contributed by atoms with Gasteiger partial charge in [-0.3, -0.25) is 9.89 Å². The third kappa shape index (κ3) is 4.05. The summed E-state index contributed by atoms with van der Waals surface area (Å²) in [6.07, 6.45) is 0. The first-order valence-corrected chi connectivity index (χ1v) is 10.3. The lowest BCUT2D eigenvalue weighted by Crippen LogP contribution is -2.14. The minimum absolute atomic E-state index is 0.0625. The summed E-state index contributed by atoms with van der Waals surface area (Å²) >= 11 is 1.34. The van der Waals surface area contributed by atoms with E-state index in [1.165, 1.54) is 11.8 Å². The first-order chi connectivity index (χ1) is 14.0. The van der Waals surface area contributed by atoms with Crippen molar-refractivity contribution in [3.05, 3.63) is 71.2 Å². The van der Waals surface area contributed by atoms with Gasteiger partial charge in [-0.1, -0.05) is 48.2 Å². The van der Waals surface area contributed by atoms with Crippen LogP contribution in [-0.2, 0) is 6.61 Å². The van der Waals surface area contributed by atoms with Crippen LogP contribution in [0.5, 0.6) is 5.75 Å². The van der Waals surface area contributed by atoms with E-state index in [4.69, 9.17) is 4.74 Å². The van der Waals surface area contributed by atoms with Gasteiger partial charge in [0.2, 0.25) is 5.16 Å². The van der Waals surface area contributed by atoms with Gasteiger partial charge in [0, 0.05) is 22.2 Å². The number of aromatic amines is 2. The summed E-state index contributed by atoms with van der Waals surface area (Å²) in [6, 6.07) is 15.7. The molecule has 0 amide bonds. The Morgan fingerprint density at radius 2 is 1.90 bits per heavy atom. The number of nitrogens with one attached hydrogen (secondary N) is 2. The summed E-state index contributed by atoms with van der Waals surface area (Å²) in [5.74, 6) is 1.50. The number of rotatable bonds is 7. The maximum absolute atomic E-state index is 13.1. The largest absolute Gasteiger partial charge is 0.485 e. The van der Waals surface area contributed by atoms with E-state index in [1.54, 1.807) is 0 Å². The van der Waals surface area contributed by atoms with Crippen molar-refractivity contribution in [1.82, 2.24) is 20.2 Å². The van der Waals surface area contributed by atoms with E-state index in [0.29, 0.717) is 17.6 Å². The van der Waals surface area contributed by atoms with Crippen LogP contribution in [0.2, 0.25) is 0 Å². The Hall–Kier alpha value is -3.06. The minimum atomic E-state index is -0.311. The molecule has 1 atom stereocenters. The van der Waals surface area contributed by atoms with Gasteiger partial charge in [-0.05, 0) is 38.5 Å². The fourth-order valence-corrected chi connectivity index (χ4v) is 4.07. The van der Waals surface area contributed by atoms with E-state index in [-0.39, 0.29) is 11.0 Å². The normalized spacial score (nSPS) is 12.2. The number of aromatic nitrogens is 4. The highest BCUT2D eigenvalue weighted by molar-refractivity contribution is 8.00. The van der Waals surface area contributed by atoms with Crippen LogP contribution in [-0.4, -0.2) is 31.2 Å². The number of thioether (sulfide) groups is 1. The Kier molecular flexibility index (Phi) is 5.40. The number of H-pyrrole nitrogens is 2. The van der Waals surface area contributed by atoms with E-state index in [2.05, 4.69) is 20.2 Å². The van der Waals surface area contributed by atoms with Gasteiger partial charge in [-0.25, -0.2) is 4.98 Å². The molecule has 0 spiro atoms. The SMILES string of the molecule is Cc1ccccc1OCc1nc(S[C@@H](C)C(=O)c2c(C)[nH]c3ccccc23)n[nH]1. The van der Waals surface area contributed by atoms with Gasteiger partial charge in [-0.15, -0.1) is 5.10 Å². The molecular formula is C22H22N4O2S. The predicted molar refractivity (Wildman–Crippen MR) is 115 cm³/mol. The Morgan fingerprint density at radius 1 is 1.14 bits per heavy atom. The number of nitrogens with zero attached hydrogens (tertiary/aromatic N) is 2. The zero-order chi connectivity index (χ0) is 20.4. The number of Topliss-reactive ketones (excluding diaryl/α,β-unsaturated/α-hetero) is 1. The predicted octanol–water partition coefficient (Wildman–Crippen LogP) is 4.85. The van der Waals surface area contributed by atoms with Crippen LogP contribution in [0, 0.1) is 13.8 Å². The molecule has 0 unspecified atom stereocenters. The minimum Gasteiger partial charge on any atom is -0.485 e. The van der Waals surface area contributed by atoms with Crippen molar-refractivity contribution >= 4 is 28.4 Å². The molecule has 2 aromatic carbocycles. The molecule has 0 saturated heterocycles. The monoisotopic (exact) mass is 406 g/mol. The molecule has 2 aromatic heterocycles. The molecule has 4 aromatic rings.